The fourth-order valence-corrected chi connectivity index (χ4v) is 1.05. The molecule has 1 rings (SSSR count). The summed E-state index contributed by atoms with van der Waals surface area (Å²) in [7, 11) is 0. The van der Waals surface area contributed by atoms with Gasteiger partial charge in [0.1, 0.15) is 0 Å². The lowest BCUT2D eigenvalue weighted by molar-refractivity contribution is -0.129. The predicted octanol–water partition coefficient (Wildman–Crippen LogP) is 3.45. The Morgan fingerprint density at radius 2 is 1.58 bits per heavy atom. The largest absolute Gasteiger partial charge is 0.294 e. The second-order valence-electron chi connectivity index (χ2n) is 4.56. The lowest BCUT2D eigenvalue weighted by Crippen LogP contribution is -2.19. The van der Waals surface area contributed by atoms with E-state index >= 15 is 0 Å². The summed E-state index contributed by atoms with van der Waals surface area (Å²) < 4.78 is 0. The van der Waals surface area contributed by atoms with Crippen LogP contribution in [0.25, 0.3) is 0 Å². The van der Waals surface area contributed by atoms with Gasteiger partial charge in [-0.2, -0.15) is 0 Å². The minimum Gasteiger partial charge on any atom is -0.294 e. The Morgan fingerprint density at radius 3 is 2.00 bits per heavy atom. The first-order chi connectivity index (χ1) is 8.47. The van der Waals surface area contributed by atoms with Gasteiger partial charge in [0.2, 0.25) is 5.91 Å². The van der Waals surface area contributed by atoms with E-state index in [4.69, 9.17) is 5.21 Å². The van der Waals surface area contributed by atoms with Crippen LogP contribution in [0.4, 0.5) is 0 Å². The maximum absolute atomic E-state index is 11.4. The van der Waals surface area contributed by atoms with Crippen molar-refractivity contribution in [3.05, 3.63) is 35.9 Å². The quantitative estimate of drug-likeness (QED) is 0.499. The molecule has 0 radical (unpaired) electrons. The Bertz CT molecular complexity index is 358. The zero-order chi connectivity index (χ0) is 14.0. The molecule has 0 saturated carbocycles. The minimum absolute atomic E-state index is 0. The van der Waals surface area contributed by atoms with Crippen LogP contribution in [-0.2, 0) is 4.79 Å². The van der Waals surface area contributed by atoms with E-state index in [-0.39, 0.29) is 26.1 Å². The van der Waals surface area contributed by atoms with Crippen LogP contribution in [0.5, 0.6) is 0 Å². The van der Waals surface area contributed by atoms with Gasteiger partial charge in [0.05, 0.1) is 0 Å². The molecule has 0 unspecified atom stereocenters. The monoisotopic (exact) mass is 267 g/mol. The first kappa shape index (κ1) is 19.7. The molecule has 1 aromatic rings. The zero-order valence-corrected chi connectivity index (χ0v) is 11.1. The van der Waals surface area contributed by atoms with E-state index < -0.39 is 5.91 Å². The fourth-order valence-electron chi connectivity index (χ4n) is 1.05. The lowest BCUT2D eigenvalue weighted by atomic mass is 10.1. The van der Waals surface area contributed by atoms with Gasteiger partial charge in [-0.05, 0) is 5.92 Å². The van der Waals surface area contributed by atoms with Crippen LogP contribution in [0.3, 0.4) is 0 Å². The average Bonchev–Trinajstić information content (AvgIpc) is 2.35. The molecule has 0 spiro atoms. The highest BCUT2D eigenvalue weighted by molar-refractivity contribution is 5.97. The summed E-state index contributed by atoms with van der Waals surface area (Å²) >= 11 is 0. The van der Waals surface area contributed by atoms with Gasteiger partial charge in [-0.3, -0.25) is 14.8 Å². The first-order valence-electron chi connectivity index (χ1n) is 5.98. The smallest absolute Gasteiger partial charge is 0.243 e. The zero-order valence-electron chi connectivity index (χ0n) is 11.1. The van der Waals surface area contributed by atoms with Crippen molar-refractivity contribution in [3.8, 4) is 0 Å². The van der Waals surface area contributed by atoms with Crippen LogP contribution in [0, 0.1) is 5.92 Å². The summed E-state index contributed by atoms with van der Waals surface area (Å²) in [4.78, 5) is 22.0. The van der Waals surface area contributed by atoms with Gasteiger partial charge >= 0.3 is 0 Å². The van der Waals surface area contributed by atoms with Crippen LogP contribution in [0.1, 0.15) is 51.4 Å². The van der Waals surface area contributed by atoms with E-state index in [0.717, 1.165) is 5.92 Å². The van der Waals surface area contributed by atoms with E-state index in [1.165, 1.54) is 5.48 Å². The SMILES string of the molecule is C.CC(C)C.O=C(CCC(=O)c1ccccc1)NO. The Hall–Kier alpha value is -1.68. The highest BCUT2D eigenvalue weighted by atomic mass is 16.5. The van der Waals surface area contributed by atoms with Gasteiger partial charge in [0.15, 0.2) is 5.78 Å². The average molecular weight is 267 g/mol. The molecule has 2 N–H and O–H groups in total. The number of hydrogen-bond acceptors (Lipinski definition) is 3. The Kier molecular flexibility index (Phi) is 11.8. The highest BCUT2D eigenvalue weighted by Crippen LogP contribution is 2.04. The number of carbonyl (C=O) groups excluding carboxylic acids is 2. The molecule has 0 fully saturated rings. The summed E-state index contributed by atoms with van der Waals surface area (Å²) in [5.74, 6) is 0.184. The number of Topliss-reactive ketones (excluding diaryl/α,β-unsaturated/α-hetero) is 1. The molecule has 0 aliphatic heterocycles. The van der Waals surface area contributed by atoms with E-state index in [1.807, 2.05) is 6.07 Å². The number of benzene rings is 1. The minimum atomic E-state index is -0.547. The van der Waals surface area contributed by atoms with Crippen molar-refractivity contribution in [1.29, 1.82) is 0 Å². The molecule has 1 amide bonds. The van der Waals surface area contributed by atoms with Crippen LogP contribution in [-0.4, -0.2) is 16.9 Å². The van der Waals surface area contributed by atoms with Crippen molar-refractivity contribution in [2.45, 2.75) is 41.0 Å². The third-order valence-electron chi connectivity index (χ3n) is 1.80. The molecule has 19 heavy (non-hydrogen) atoms. The predicted molar refractivity (Wildman–Crippen MR) is 77.2 cm³/mol. The highest BCUT2D eigenvalue weighted by Gasteiger charge is 2.07. The van der Waals surface area contributed by atoms with Crippen molar-refractivity contribution in [2.75, 3.05) is 0 Å². The van der Waals surface area contributed by atoms with E-state index in [0.29, 0.717) is 5.56 Å². The standard InChI is InChI=1S/C10H11NO3.C4H10.CH4/c12-9(6-7-10(13)11-14)8-4-2-1-3-5-8;1-4(2)3;/h1-5,14H,6-7H2,(H,11,13);4H,1-3H3;1H4. The van der Waals surface area contributed by atoms with Crippen molar-refractivity contribution in [3.63, 3.8) is 0 Å². The van der Waals surface area contributed by atoms with Gasteiger partial charge in [-0.15, -0.1) is 0 Å². The molecule has 0 saturated heterocycles. The molecular weight excluding hydrogens is 242 g/mol. The summed E-state index contributed by atoms with van der Waals surface area (Å²) in [6.45, 7) is 6.50. The normalized spacial score (nSPS) is 8.89. The number of hydroxylamine groups is 1. The summed E-state index contributed by atoms with van der Waals surface area (Å²) in [6, 6.07) is 8.73. The number of ketones is 1. The molecule has 4 nitrogen and oxygen atoms in total. The van der Waals surface area contributed by atoms with Crippen LogP contribution in [0.2, 0.25) is 0 Å². The molecule has 0 bridgehead atoms. The molecule has 4 heteroatoms. The van der Waals surface area contributed by atoms with Crippen LogP contribution >= 0.6 is 0 Å². The van der Waals surface area contributed by atoms with Gasteiger partial charge in [-0.25, -0.2) is 5.48 Å². The number of nitrogens with one attached hydrogen (secondary N) is 1. The fraction of sp³-hybridized carbons (Fsp3) is 0.467. The lowest BCUT2D eigenvalue weighted by Gasteiger charge is -1.99. The molecule has 0 aliphatic rings. The maximum Gasteiger partial charge on any atom is 0.243 e. The van der Waals surface area contributed by atoms with Gasteiger partial charge in [-0.1, -0.05) is 58.5 Å². The molecule has 0 atom stereocenters. The van der Waals surface area contributed by atoms with E-state index in [9.17, 15) is 9.59 Å². The molecule has 0 aliphatic carbocycles. The van der Waals surface area contributed by atoms with Gasteiger partial charge in [0, 0.05) is 18.4 Å². The Morgan fingerprint density at radius 1 is 1.11 bits per heavy atom. The maximum atomic E-state index is 11.4. The molecular formula is C15H25NO3. The number of hydrogen-bond donors (Lipinski definition) is 2. The Balaban J connectivity index is 0. The van der Waals surface area contributed by atoms with E-state index in [1.54, 1.807) is 24.3 Å². The summed E-state index contributed by atoms with van der Waals surface area (Å²) in [5.41, 5.74) is 2.06. The summed E-state index contributed by atoms with van der Waals surface area (Å²) in [6.07, 6.45) is 0.112. The van der Waals surface area contributed by atoms with Crippen molar-refractivity contribution >= 4 is 11.7 Å². The molecule has 0 heterocycles. The van der Waals surface area contributed by atoms with Crippen molar-refractivity contribution in [1.82, 2.24) is 5.48 Å². The first-order valence-corrected chi connectivity index (χ1v) is 5.98. The number of rotatable bonds is 4. The number of carbonyl (C=O) groups is 2. The Labute approximate surface area is 115 Å². The van der Waals surface area contributed by atoms with Gasteiger partial charge in [0.25, 0.3) is 0 Å². The second kappa shape index (κ2) is 11.4. The topological polar surface area (TPSA) is 66.4 Å². The summed E-state index contributed by atoms with van der Waals surface area (Å²) in [5, 5.41) is 8.21. The molecule has 1 aromatic carbocycles. The van der Waals surface area contributed by atoms with Crippen LogP contribution < -0.4 is 5.48 Å². The van der Waals surface area contributed by atoms with Crippen molar-refractivity contribution in [2.24, 2.45) is 5.92 Å². The second-order valence-corrected chi connectivity index (χ2v) is 4.56. The van der Waals surface area contributed by atoms with Crippen molar-refractivity contribution < 1.29 is 14.8 Å². The third kappa shape index (κ3) is 11.2. The number of amides is 1. The van der Waals surface area contributed by atoms with E-state index in [2.05, 4.69) is 20.8 Å². The molecule has 108 valence electrons. The third-order valence-corrected chi connectivity index (χ3v) is 1.80. The molecule has 0 aromatic heterocycles. The van der Waals surface area contributed by atoms with Gasteiger partial charge < -0.3 is 0 Å². The van der Waals surface area contributed by atoms with Crippen LogP contribution in [0.15, 0.2) is 30.3 Å².